The Hall–Kier alpha value is -0.610. The zero-order valence-electron chi connectivity index (χ0n) is 9.05. The van der Waals surface area contributed by atoms with E-state index in [1.165, 1.54) is 0 Å². The van der Waals surface area contributed by atoms with E-state index in [1.807, 2.05) is 20.9 Å². The van der Waals surface area contributed by atoms with Crippen LogP contribution in [-0.4, -0.2) is 37.8 Å². The average molecular weight is 190 g/mol. The van der Waals surface area contributed by atoms with E-state index in [2.05, 4.69) is 10.6 Å². The van der Waals surface area contributed by atoms with Crippen molar-refractivity contribution >= 4 is 5.97 Å². The van der Waals surface area contributed by atoms with Crippen LogP contribution in [0.3, 0.4) is 0 Å². The molecule has 0 heterocycles. The zero-order chi connectivity index (χ0) is 10.7. The second kappa shape index (κ2) is 11.4. The van der Waals surface area contributed by atoms with Gasteiger partial charge in [-0.05, 0) is 33.5 Å². The zero-order valence-corrected chi connectivity index (χ0v) is 9.05. The monoisotopic (exact) mass is 190 g/mol. The maximum Gasteiger partial charge on any atom is 0.320 e. The third-order valence-corrected chi connectivity index (χ3v) is 1.57. The molecule has 0 radical (unpaired) electrons. The lowest BCUT2D eigenvalue weighted by Gasteiger charge is -2.09. The first kappa shape index (κ1) is 14.9. The fraction of sp³-hybridized carbons (Fsp3) is 0.889. The molecule has 0 aromatic rings. The Bertz CT molecular complexity index is 118. The van der Waals surface area contributed by atoms with E-state index in [-0.39, 0.29) is 0 Å². The van der Waals surface area contributed by atoms with Crippen molar-refractivity contribution in [2.45, 2.75) is 32.7 Å². The van der Waals surface area contributed by atoms with Gasteiger partial charge in [0.05, 0.1) is 0 Å². The highest BCUT2D eigenvalue weighted by molar-refractivity contribution is 5.73. The first-order valence-corrected chi connectivity index (χ1v) is 4.77. The van der Waals surface area contributed by atoms with Gasteiger partial charge < -0.3 is 15.7 Å². The fourth-order valence-corrected chi connectivity index (χ4v) is 0.874. The molecular formula is C9H22N2O2. The quantitative estimate of drug-likeness (QED) is 0.539. The highest BCUT2D eigenvalue weighted by Gasteiger charge is 2.12. The van der Waals surface area contributed by atoms with E-state index in [0.29, 0.717) is 6.42 Å². The molecule has 4 heteroatoms. The van der Waals surface area contributed by atoms with Crippen LogP contribution in [0.4, 0.5) is 0 Å². The molecule has 13 heavy (non-hydrogen) atoms. The topological polar surface area (TPSA) is 61.4 Å². The molecule has 0 amide bonds. The summed E-state index contributed by atoms with van der Waals surface area (Å²) < 4.78 is 0. The molecule has 0 saturated heterocycles. The molecule has 0 aromatic carbocycles. The van der Waals surface area contributed by atoms with E-state index < -0.39 is 12.0 Å². The van der Waals surface area contributed by atoms with Crippen molar-refractivity contribution in [3.63, 3.8) is 0 Å². The number of likely N-dealkylation sites (N-methyl/N-ethyl adjacent to an activating group) is 1. The van der Waals surface area contributed by atoms with Gasteiger partial charge in [0, 0.05) is 0 Å². The number of nitrogens with one attached hydrogen (secondary N) is 2. The van der Waals surface area contributed by atoms with Crippen molar-refractivity contribution in [3.8, 4) is 0 Å². The Morgan fingerprint density at radius 2 is 1.92 bits per heavy atom. The summed E-state index contributed by atoms with van der Waals surface area (Å²) in [6.07, 6.45) is 1.56. The van der Waals surface area contributed by atoms with Crippen LogP contribution in [0, 0.1) is 0 Å². The first-order chi connectivity index (χ1) is 6.22. The van der Waals surface area contributed by atoms with Gasteiger partial charge in [-0.3, -0.25) is 4.79 Å². The Kier molecular flexibility index (Phi) is 13.0. The Balaban J connectivity index is 0. The maximum absolute atomic E-state index is 10.4. The molecule has 0 aliphatic rings. The number of carboxylic acid groups (broad SMARTS) is 1. The van der Waals surface area contributed by atoms with Crippen LogP contribution in [0.5, 0.6) is 0 Å². The highest BCUT2D eigenvalue weighted by Crippen LogP contribution is 1.95. The van der Waals surface area contributed by atoms with E-state index in [1.54, 1.807) is 7.05 Å². The number of hydrogen-bond acceptors (Lipinski definition) is 3. The lowest BCUT2D eigenvalue weighted by Crippen LogP contribution is -2.34. The first-order valence-electron chi connectivity index (χ1n) is 4.77. The summed E-state index contributed by atoms with van der Waals surface area (Å²) in [4.78, 5) is 10.4. The van der Waals surface area contributed by atoms with Crippen molar-refractivity contribution in [2.75, 3.05) is 20.6 Å². The number of rotatable bonds is 6. The molecule has 4 nitrogen and oxygen atoms in total. The van der Waals surface area contributed by atoms with Gasteiger partial charge in [-0.1, -0.05) is 13.8 Å². The van der Waals surface area contributed by atoms with Crippen LogP contribution in [0.1, 0.15) is 26.7 Å². The molecule has 0 rings (SSSR count). The van der Waals surface area contributed by atoms with Crippen LogP contribution in [0.25, 0.3) is 0 Å². The van der Waals surface area contributed by atoms with Gasteiger partial charge in [0.2, 0.25) is 0 Å². The lowest BCUT2D eigenvalue weighted by atomic mass is 10.1. The van der Waals surface area contributed by atoms with Gasteiger partial charge >= 0.3 is 5.97 Å². The molecule has 80 valence electrons. The number of aliphatic carboxylic acids is 1. The summed E-state index contributed by atoms with van der Waals surface area (Å²) in [6, 6.07) is -0.400. The summed E-state index contributed by atoms with van der Waals surface area (Å²) in [5.74, 6) is -0.774. The minimum absolute atomic E-state index is 0.400. The van der Waals surface area contributed by atoms with E-state index in [9.17, 15) is 4.79 Å². The summed E-state index contributed by atoms with van der Waals surface area (Å²) in [5.41, 5.74) is 0. The van der Waals surface area contributed by atoms with Crippen LogP contribution < -0.4 is 10.6 Å². The molecule has 0 fully saturated rings. The minimum atomic E-state index is -0.774. The molecule has 1 unspecified atom stereocenters. The maximum atomic E-state index is 10.4. The van der Waals surface area contributed by atoms with E-state index in [0.717, 1.165) is 13.0 Å². The predicted molar refractivity (Wildman–Crippen MR) is 55.0 cm³/mol. The van der Waals surface area contributed by atoms with Crippen molar-refractivity contribution < 1.29 is 9.90 Å². The van der Waals surface area contributed by atoms with E-state index in [4.69, 9.17) is 5.11 Å². The normalized spacial score (nSPS) is 11.4. The number of hydrogen-bond donors (Lipinski definition) is 3. The standard InChI is InChI=1S/C7H16N2O2.C2H6/c1-8-5-3-4-6(9-2)7(10)11;1-2/h6,8-9H,3-5H2,1-2H3,(H,10,11);1-2H3. The molecule has 1 atom stereocenters. The molecule has 0 aliphatic carbocycles. The van der Waals surface area contributed by atoms with Crippen LogP contribution in [-0.2, 0) is 4.79 Å². The SMILES string of the molecule is CC.CNCCCC(NC)C(=O)O. The number of carbonyl (C=O) groups is 1. The van der Waals surface area contributed by atoms with Gasteiger partial charge in [0.1, 0.15) is 6.04 Å². The predicted octanol–water partition coefficient (Wildman–Crippen LogP) is 0.685. The number of carboxylic acids is 1. The van der Waals surface area contributed by atoms with Crippen LogP contribution >= 0.6 is 0 Å². The molecule has 0 bridgehead atoms. The summed E-state index contributed by atoms with van der Waals surface area (Å²) in [7, 11) is 3.52. The van der Waals surface area contributed by atoms with Crippen molar-refractivity contribution in [1.29, 1.82) is 0 Å². The Labute approximate surface area is 80.7 Å². The molecule has 3 N–H and O–H groups in total. The minimum Gasteiger partial charge on any atom is -0.480 e. The van der Waals surface area contributed by atoms with E-state index >= 15 is 0 Å². The average Bonchev–Trinajstić information content (AvgIpc) is 2.15. The van der Waals surface area contributed by atoms with Gasteiger partial charge in [0.25, 0.3) is 0 Å². The summed E-state index contributed by atoms with van der Waals surface area (Å²) in [6.45, 7) is 4.87. The van der Waals surface area contributed by atoms with Gasteiger partial charge in [-0.25, -0.2) is 0 Å². The largest absolute Gasteiger partial charge is 0.480 e. The third kappa shape index (κ3) is 9.30. The molecule has 0 aliphatic heterocycles. The summed E-state index contributed by atoms with van der Waals surface area (Å²) in [5, 5.41) is 14.3. The fourth-order valence-electron chi connectivity index (χ4n) is 0.874. The van der Waals surface area contributed by atoms with Crippen molar-refractivity contribution in [3.05, 3.63) is 0 Å². The molecule has 0 spiro atoms. The van der Waals surface area contributed by atoms with Gasteiger partial charge in [-0.2, -0.15) is 0 Å². The molecule has 0 saturated carbocycles. The second-order valence-electron chi connectivity index (χ2n) is 2.43. The van der Waals surface area contributed by atoms with Gasteiger partial charge in [-0.15, -0.1) is 0 Å². The lowest BCUT2D eigenvalue weighted by molar-refractivity contribution is -0.139. The Morgan fingerprint density at radius 3 is 2.23 bits per heavy atom. The second-order valence-corrected chi connectivity index (χ2v) is 2.43. The van der Waals surface area contributed by atoms with Crippen molar-refractivity contribution in [1.82, 2.24) is 10.6 Å². The Morgan fingerprint density at radius 1 is 1.38 bits per heavy atom. The highest BCUT2D eigenvalue weighted by atomic mass is 16.4. The molecule has 0 aromatic heterocycles. The van der Waals surface area contributed by atoms with Crippen LogP contribution in [0.2, 0.25) is 0 Å². The van der Waals surface area contributed by atoms with Crippen LogP contribution in [0.15, 0.2) is 0 Å². The summed E-state index contributed by atoms with van der Waals surface area (Å²) >= 11 is 0. The smallest absolute Gasteiger partial charge is 0.320 e. The van der Waals surface area contributed by atoms with Crippen molar-refractivity contribution in [2.24, 2.45) is 0 Å². The molecular weight excluding hydrogens is 168 g/mol. The van der Waals surface area contributed by atoms with Gasteiger partial charge in [0.15, 0.2) is 0 Å². The third-order valence-electron chi connectivity index (χ3n) is 1.57.